The van der Waals surface area contributed by atoms with Crippen molar-refractivity contribution in [3.8, 4) is 0 Å². The van der Waals surface area contributed by atoms with Gasteiger partial charge in [-0.25, -0.2) is 0 Å². The number of benzene rings is 2. The van der Waals surface area contributed by atoms with E-state index >= 15 is 0 Å². The van der Waals surface area contributed by atoms with Gasteiger partial charge in [-0.15, -0.1) is 0 Å². The third-order valence-electron chi connectivity index (χ3n) is 4.33. The molecule has 1 unspecified atom stereocenters. The normalized spacial score (nSPS) is 13.1. The van der Waals surface area contributed by atoms with Crippen molar-refractivity contribution in [3.05, 3.63) is 69.8 Å². The predicted octanol–water partition coefficient (Wildman–Crippen LogP) is 6.87. The van der Waals surface area contributed by atoms with Crippen molar-refractivity contribution in [1.82, 2.24) is 0 Å². The Labute approximate surface area is 178 Å². The SMILES string of the molecule is CC(C)OP(=O)(OC(C)C)C(Nc1ccc(C(C)C)cc1)c1ccc([N+](=O)[O-])cc1. The van der Waals surface area contributed by atoms with Gasteiger partial charge in [0.25, 0.3) is 5.69 Å². The van der Waals surface area contributed by atoms with E-state index in [2.05, 4.69) is 19.2 Å². The van der Waals surface area contributed by atoms with E-state index < -0.39 is 18.3 Å². The number of nitro benzene ring substituents is 1. The zero-order valence-corrected chi connectivity index (χ0v) is 19.3. The van der Waals surface area contributed by atoms with Crippen LogP contribution in [0.25, 0.3) is 0 Å². The van der Waals surface area contributed by atoms with E-state index in [1.807, 2.05) is 24.3 Å². The maximum absolute atomic E-state index is 13.9. The van der Waals surface area contributed by atoms with Crippen LogP contribution in [0.1, 0.15) is 64.4 Å². The highest BCUT2D eigenvalue weighted by Gasteiger charge is 2.39. The Morgan fingerprint density at radius 3 is 1.70 bits per heavy atom. The Morgan fingerprint density at radius 1 is 0.833 bits per heavy atom. The zero-order chi connectivity index (χ0) is 22.5. The van der Waals surface area contributed by atoms with Gasteiger partial charge in [0.05, 0.1) is 17.1 Å². The molecule has 8 heteroatoms. The zero-order valence-electron chi connectivity index (χ0n) is 18.4. The summed E-state index contributed by atoms with van der Waals surface area (Å²) in [5.74, 6) is -0.433. The van der Waals surface area contributed by atoms with Crippen molar-refractivity contribution in [2.45, 2.75) is 65.5 Å². The van der Waals surface area contributed by atoms with E-state index in [1.54, 1.807) is 39.8 Å². The Morgan fingerprint density at radius 2 is 1.30 bits per heavy atom. The molecule has 0 aliphatic heterocycles. The number of nitrogens with zero attached hydrogens (tertiary/aromatic N) is 1. The van der Waals surface area contributed by atoms with Crippen LogP contribution in [-0.4, -0.2) is 17.1 Å². The van der Waals surface area contributed by atoms with Crippen LogP contribution in [0.2, 0.25) is 0 Å². The van der Waals surface area contributed by atoms with Crippen molar-refractivity contribution in [2.75, 3.05) is 5.32 Å². The summed E-state index contributed by atoms with van der Waals surface area (Å²) in [5, 5.41) is 14.3. The highest BCUT2D eigenvalue weighted by atomic mass is 31.2. The Kier molecular flexibility index (Phi) is 8.18. The van der Waals surface area contributed by atoms with Crippen molar-refractivity contribution in [2.24, 2.45) is 0 Å². The second-order valence-corrected chi connectivity index (χ2v) is 10.0. The summed E-state index contributed by atoms with van der Waals surface area (Å²) >= 11 is 0. The number of hydrogen-bond acceptors (Lipinski definition) is 6. The maximum Gasteiger partial charge on any atom is 0.357 e. The molecule has 2 aromatic rings. The van der Waals surface area contributed by atoms with Gasteiger partial charge >= 0.3 is 7.60 Å². The van der Waals surface area contributed by atoms with Gasteiger partial charge in [0, 0.05) is 17.8 Å². The van der Waals surface area contributed by atoms with Crippen LogP contribution in [0.15, 0.2) is 48.5 Å². The quantitative estimate of drug-likeness (QED) is 0.249. The van der Waals surface area contributed by atoms with Gasteiger partial charge in [-0.3, -0.25) is 14.7 Å². The number of nitro groups is 1. The fourth-order valence-electron chi connectivity index (χ4n) is 2.98. The van der Waals surface area contributed by atoms with E-state index in [1.165, 1.54) is 17.7 Å². The van der Waals surface area contributed by atoms with Crippen molar-refractivity contribution < 1.29 is 18.5 Å². The smallest absolute Gasteiger partial charge is 0.357 e. The average Bonchev–Trinajstić information content (AvgIpc) is 2.65. The molecule has 7 nitrogen and oxygen atoms in total. The molecule has 164 valence electrons. The second kappa shape index (κ2) is 10.2. The van der Waals surface area contributed by atoms with E-state index in [0.717, 1.165) is 5.69 Å². The first-order chi connectivity index (χ1) is 14.0. The summed E-state index contributed by atoms with van der Waals surface area (Å²) in [6.07, 6.45) is -0.666. The summed E-state index contributed by atoms with van der Waals surface area (Å²) < 4.78 is 25.5. The largest absolute Gasteiger partial charge is 0.368 e. The molecule has 0 saturated heterocycles. The maximum atomic E-state index is 13.9. The van der Waals surface area contributed by atoms with Gasteiger partial charge in [-0.1, -0.05) is 26.0 Å². The third-order valence-corrected chi connectivity index (χ3v) is 6.82. The van der Waals surface area contributed by atoms with Gasteiger partial charge in [-0.05, 0) is 69.0 Å². The number of hydrogen-bond donors (Lipinski definition) is 1. The molecule has 0 spiro atoms. The van der Waals surface area contributed by atoms with Crippen LogP contribution < -0.4 is 5.32 Å². The van der Waals surface area contributed by atoms with Crippen molar-refractivity contribution >= 4 is 19.0 Å². The van der Waals surface area contributed by atoms with Crippen LogP contribution in [0.4, 0.5) is 11.4 Å². The third kappa shape index (κ3) is 6.39. The molecule has 0 aliphatic carbocycles. The van der Waals surface area contributed by atoms with Crippen molar-refractivity contribution in [1.29, 1.82) is 0 Å². The molecule has 0 aliphatic rings. The molecular weight excluding hydrogens is 403 g/mol. The van der Waals surface area contributed by atoms with Crippen LogP contribution in [0.3, 0.4) is 0 Å². The van der Waals surface area contributed by atoms with E-state index in [-0.39, 0.29) is 17.9 Å². The first-order valence-corrected chi connectivity index (χ1v) is 11.7. The van der Waals surface area contributed by atoms with Crippen LogP contribution >= 0.6 is 7.60 Å². The van der Waals surface area contributed by atoms with Gasteiger partial charge in [-0.2, -0.15) is 0 Å². The highest BCUT2D eigenvalue weighted by Crippen LogP contribution is 2.62. The molecule has 2 aromatic carbocycles. The number of anilines is 1. The summed E-state index contributed by atoms with van der Waals surface area (Å²) in [6, 6.07) is 13.8. The topological polar surface area (TPSA) is 90.7 Å². The lowest BCUT2D eigenvalue weighted by atomic mass is 10.0. The molecule has 2 rings (SSSR count). The predicted molar refractivity (Wildman–Crippen MR) is 120 cm³/mol. The molecule has 0 heterocycles. The Balaban J connectivity index is 2.49. The molecule has 0 radical (unpaired) electrons. The minimum atomic E-state index is -3.68. The summed E-state index contributed by atoms with van der Waals surface area (Å²) in [4.78, 5) is 10.6. The molecule has 0 aromatic heterocycles. The molecule has 0 saturated carbocycles. The fourth-order valence-corrected chi connectivity index (χ4v) is 5.29. The molecule has 0 amide bonds. The molecular formula is C22H31N2O5P. The van der Waals surface area contributed by atoms with Crippen LogP contribution in [-0.2, 0) is 13.6 Å². The second-order valence-electron chi connectivity index (χ2n) is 8.02. The fraction of sp³-hybridized carbons (Fsp3) is 0.455. The monoisotopic (exact) mass is 434 g/mol. The average molecular weight is 434 g/mol. The van der Waals surface area contributed by atoms with Crippen LogP contribution in [0.5, 0.6) is 0 Å². The molecule has 1 N–H and O–H groups in total. The van der Waals surface area contributed by atoms with E-state index in [0.29, 0.717) is 11.5 Å². The molecule has 1 atom stereocenters. The Bertz CT molecular complexity index is 865. The van der Waals surface area contributed by atoms with Gasteiger partial charge < -0.3 is 14.4 Å². The number of nitrogens with one attached hydrogen (secondary N) is 1. The van der Waals surface area contributed by atoms with Gasteiger partial charge in [0.15, 0.2) is 5.78 Å². The number of rotatable bonds is 10. The van der Waals surface area contributed by atoms with Crippen molar-refractivity contribution in [3.63, 3.8) is 0 Å². The Hall–Kier alpha value is -2.21. The van der Waals surface area contributed by atoms with Gasteiger partial charge in [0.2, 0.25) is 0 Å². The first-order valence-electron chi connectivity index (χ1n) is 10.1. The van der Waals surface area contributed by atoms with E-state index in [9.17, 15) is 14.7 Å². The summed E-state index contributed by atoms with van der Waals surface area (Å²) in [5.41, 5.74) is 2.48. The van der Waals surface area contributed by atoms with Crippen LogP contribution in [0, 0.1) is 10.1 Å². The lowest BCUT2D eigenvalue weighted by Gasteiger charge is -2.31. The lowest BCUT2D eigenvalue weighted by molar-refractivity contribution is -0.384. The molecule has 0 bridgehead atoms. The molecule has 30 heavy (non-hydrogen) atoms. The standard InChI is InChI=1S/C22H31N2O5P/c1-15(2)18-7-11-20(12-8-18)23-22(19-9-13-21(14-10-19)24(25)26)30(27,28-16(3)4)29-17(5)6/h7-17,22-23H,1-6H3. The minimum Gasteiger partial charge on any atom is -0.368 e. The number of non-ortho nitro benzene ring substituents is 1. The summed E-state index contributed by atoms with van der Waals surface area (Å²) in [6.45, 7) is 11.4. The molecule has 0 fully saturated rings. The summed E-state index contributed by atoms with van der Waals surface area (Å²) in [7, 11) is -3.68. The lowest BCUT2D eigenvalue weighted by Crippen LogP contribution is -2.19. The first kappa shape index (κ1) is 24.1. The minimum absolute atomic E-state index is 0.0387. The van der Waals surface area contributed by atoms with E-state index in [4.69, 9.17) is 9.05 Å². The highest BCUT2D eigenvalue weighted by molar-refractivity contribution is 7.54. The van der Waals surface area contributed by atoms with Gasteiger partial charge in [0.1, 0.15) is 0 Å².